The highest BCUT2D eigenvalue weighted by Gasteiger charge is 2.45. The topological polar surface area (TPSA) is 58.2 Å². The Hall–Kier alpha value is -2.76. The fraction of sp³-hybridized carbons (Fsp3) is 0.263. The maximum Gasteiger partial charge on any atom is 0.239 e. The molecule has 0 aliphatic heterocycles. The minimum atomic E-state index is -0.525. The molecule has 3 rings (SSSR count). The number of carbonyl (C=O) groups excluding carboxylic acids is 2. The summed E-state index contributed by atoms with van der Waals surface area (Å²) in [6, 6.07) is 12.7. The normalized spacial score (nSPS) is 18.5. The molecule has 0 bridgehead atoms. The van der Waals surface area contributed by atoms with Crippen LogP contribution in [0.2, 0.25) is 0 Å². The van der Waals surface area contributed by atoms with E-state index >= 15 is 0 Å². The van der Waals surface area contributed by atoms with Gasteiger partial charge in [-0.2, -0.15) is 0 Å². The number of benzene rings is 2. The van der Waals surface area contributed by atoms with Crippen molar-refractivity contribution in [2.45, 2.75) is 18.9 Å². The molecule has 2 N–H and O–H groups in total. The summed E-state index contributed by atoms with van der Waals surface area (Å²) in [5.74, 6) is -2.40. The lowest BCUT2D eigenvalue weighted by Gasteiger charge is -2.07. The Morgan fingerprint density at radius 3 is 2.56 bits per heavy atom. The number of hydrogen-bond acceptors (Lipinski definition) is 2. The van der Waals surface area contributed by atoms with Gasteiger partial charge in [-0.25, -0.2) is 8.78 Å². The van der Waals surface area contributed by atoms with Gasteiger partial charge in [0.25, 0.3) is 0 Å². The van der Waals surface area contributed by atoms with E-state index in [1.807, 2.05) is 30.3 Å². The van der Waals surface area contributed by atoms with Gasteiger partial charge in [0.15, 0.2) is 0 Å². The van der Waals surface area contributed by atoms with Crippen LogP contribution < -0.4 is 10.6 Å². The highest BCUT2D eigenvalue weighted by Crippen LogP contribution is 2.48. The fourth-order valence-electron chi connectivity index (χ4n) is 2.78. The van der Waals surface area contributed by atoms with Crippen molar-refractivity contribution < 1.29 is 18.4 Å². The van der Waals surface area contributed by atoms with Gasteiger partial charge in [-0.3, -0.25) is 9.59 Å². The van der Waals surface area contributed by atoms with Gasteiger partial charge in [0.05, 0.1) is 6.54 Å². The van der Waals surface area contributed by atoms with Crippen molar-refractivity contribution in [3.63, 3.8) is 0 Å². The number of amides is 2. The maximum absolute atomic E-state index is 13.7. The summed E-state index contributed by atoms with van der Waals surface area (Å²) in [7, 11) is 0. The molecular weight excluding hydrogens is 326 g/mol. The number of carbonyl (C=O) groups is 2. The van der Waals surface area contributed by atoms with Crippen molar-refractivity contribution in [1.82, 2.24) is 10.6 Å². The van der Waals surface area contributed by atoms with Gasteiger partial charge >= 0.3 is 0 Å². The molecular formula is C19H18F2N2O2. The molecule has 0 aromatic heterocycles. The minimum absolute atomic E-state index is 0.138. The summed E-state index contributed by atoms with van der Waals surface area (Å²) < 4.78 is 26.9. The van der Waals surface area contributed by atoms with Crippen molar-refractivity contribution >= 4 is 11.8 Å². The number of halogens is 2. The number of nitrogens with one attached hydrogen (secondary N) is 2. The van der Waals surface area contributed by atoms with E-state index in [0.717, 1.165) is 23.8 Å². The van der Waals surface area contributed by atoms with Crippen LogP contribution in [0.5, 0.6) is 0 Å². The van der Waals surface area contributed by atoms with Gasteiger partial charge in [-0.1, -0.05) is 30.3 Å². The molecule has 4 nitrogen and oxygen atoms in total. The highest BCUT2D eigenvalue weighted by molar-refractivity contribution is 5.87. The van der Waals surface area contributed by atoms with Crippen molar-refractivity contribution in [2.75, 3.05) is 6.54 Å². The number of rotatable bonds is 6. The molecule has 2 atom stereocenters. The molecule has 2 amide bonds. The predicted octanol–water partition coefficient (Wildman–Crippen LogP) is 2.50. The average molecular weight is 344 g/mol. The Labute approximate surface area is 144 Å². The molecule has 2 aromatic rings. The maximum atomic E-state index is 13.7. The Balaban J connectivity index is 1.44. The van der Waals surface area contributed by atoms with Gasteiger partial charge in [0, 0.05) is 12.5 Å². The fourth-order valence-corrected chi connectivity index (χ4v) is 2.78. The summed E-state index contributed by atoms with van der Waals surface area (Å²) >= 11 is 0. The van der Waals surface area contributed by atoms with E-state index in [9.17, 15) is 18.4 Å². The minimum Gasteiger partial charge on any atom is -0.350 e. The van der Waals surface area contributed by atoms with Crippen LogP contribution in [0.25, 0.3) is 0 Å². The van der Waals surface area contributed by atoms with E-state index in [-0.39, 0.29) is 29.8 Å². The van der Waals surface area contributed by atoms with Crippen molar-refractivity contribution in [1.29, 1.82) is 0 Å². The molecule has 0 unspecified atom stereocenters. The zero-order valence-electron chi connectivity index (χ0n) is 13.5. The lowest BCUT2D eigenvalue weighted by Crippen LogP contribution is -2.37. The molecule has 1 saturated carbocycles. The first-order valence-electron chi connectivity index (χ1n) is 8.08. The SMILES string of the molecule is O=C(CNC(=O)[C@@H]1C[C@H]1c1cc(F)ccc1F)NCc1ccccc1. The first-order chi connectivity index (χ1) is 12.0. The van der Waals surface area contributed by atoms with Gasteiger partial charge in [-0.15, -0.1) is 0 Å². The van der Waals surface area contributed by atoms with Crippen LogP contribution in [-0.2, 0) is 16.1 Å². The zero-order valence-corrected chi connectivity index (χ0v) is 13.5. The third-order valence-corrected chi connectivity index (χ3v) is 4.24. The molecule has 2 aromatic carbocycles. The summed E-state index contributed by atoms with van der Waals surface area (Å²) in [6.07, 6.45) is 0.456. The predicted molar refractivity (Wildman–Crippen MR) is 88.5 cm³/mol. The second-order valence-corrected chi connectivity index (χ2v) is 6.09. The first kappa shape index (κ1) is 17.1. The Bertz CT molecular complexity index is 780. The van der Waals surface area contributed by atoms with E-state index in [0.29, 0.717) is 13.0 Å². The van der Waals surface area contributed by atoms with Crippen LogP contribution in [0.4, 0.5) is 8.78 Å². The van der Waals surface area contributed by atoms with Gasteiger partial charge in [0.2, 0.25) is 11.8 Å². The second kappa shape index (κ2) is 7.42. The standard InChI is InChI=1S/C19H18F2N2O2/c20-13-6-7-17(21)15(8-13)14-9-16(14)19(25)23-11-18(24)22-10-12-4-2-1-3-5-12/h1-8,14,16H,9-11H2,(H,22,24)(H,23,25)/t14-,16+/m0/s1. The quantitative estimate of drug-likeness (QED) is 0.846. The third-order valence-electron chi connectivity index (χ3n) is 4.24. The third kappa shape index (κ3) is 4.41. The van der Waals surface area contributed by atoms with Crippen LogP contribution in [0.3, 0.4) is 0 Å². The average Bonchev–Trinajstić information content (AvgIpc) is 3.41. The second-order valence-electron chi connectivity index (χ2n) is 6.09. The molecule has 25 heavy (non-hydrogen) atoms. The Kier molecular flexibility index (Phi) is 5.07. The Morgan fingerprint density at radius 1 is 1.04 bits per heavy atom. The largest absolute Gasteiger partial charge is 0.350 e. The molecule has 6 heteroatoms. The van der Waals surface area contributed by atoms with E-state index in [1.165, 1.54) is 0 Å². The summed E-state index contributed by atoms with van der Waals surface area (Å²) in [6.45, 7) is 0.247. The van der Waals surface area contributed by atoms with Gasteiger partial charge in [0.1, 0.15) is 11.6 Å². The number of hydrogen-bond donors (Lipinski definition) is 2. The molecule has 1 aliphatic rings. The van der Waals surface area contributed by atoms with Crippen LogP contribution in [0.15, 0.2) is 48.5 Å². The van der Waals surface area contributed by atoms with E-state index in [1.54, 1.807) is 0 Å². The monoisotopic (exact) mass is 344 g/mol. The van der Waals surface area contributed by atoms with Crippen LogP contribution >= 0.6 is 0 Å². The Morgan fingerprint density at radius 2 is 1.80 bits per heavy atom. The van der Waals surface area contributed by atoms with Gasteiger partial charge < -0.3 is 10.6 Å². The highest BCUT2D eigenvalue weighted by atomic mass is 19.1. The van der Waals surface area contributed by atoms with E-state index < -0.39 is 17.6 Å². The molecule has 0 saturated heterocycles. The lowest BCUT2D eigenvalue weighted by atomic mass is 10.1. The van der Waals surface area contributed by atoms with Crippen molar-refractivity contribution in [3.05, 3.63) is 71.3 Å². The molecule has 130 valence electrons. The summed E-state index contributed by atoms with van der Waals surface area (Å²) in [5.41, 5.74) is 1.18. The van der Waals surface area contributed by atoms with Crippen LogP contribution in [0.1, 0.15) is 23.5 Å². The van der Waals surface area contributed by atoms with E-state index in [2.05, 4.69) is 10.6 Å². The molecule has 0 heterocycles. The molecule has 0 spiro atoms. The zero-order chi connectivity index (χ0) is 17.8. The van der Waals surface area contributed by atoms with Crippen LogP contribution in [-0.4, -0.2) is 18.4 Å². The smallest absolute Gasteiger partial charge is 0.239 e. The molecule has 1 aliphatic carbocycles. The van der Waals surface area contributed by atoms with Crippen LogP contribution in [0, 0.1) is 17.6 Å². The van der Waals surface area contributed by atoms with E-state index in [4.69, 9.17) is 0 Å². The first-order valence-corrected chi connectivity index (χ1v) is 8.08. The van der Waals surface area contributed by atoms with Crippen molar-refractivity contribution in [3.8, 4) is 0 Å². The van der Waals surface area contributed by atoms with Gasteiger partial charge in [-0.05, 0) is 41.7 Å². The summed E-state index contributed by atoms with van der Waals surface area (Å²) in [4.78, 5) is 23.8. The van der Waals surface area contributed by atoms with Crippen molar-refractivity contribution in [2.24, 2.45) is 5.92 Å². The summed E-state index contributed by atoms with van der Waals surface area (Å²) in [5, 5.41) is 5.26. The molecule has 0 radical (unpaired) electrons. The molecule has 1 fully saturated rings. The lowest BCUT2D eigenvalue weighted by molar-refractivity contribution is -0.126.